The third kappa shape index (κ3) is 9.22. The smallest absolute Gasteiger partial charge is 0.0992 e. The lowest BCUT2D eigenvalue weighted by Crippen LogP contribution is -1.78. The van der Waals surface area contributed by atoms with Crippen LogP contribution < -0.4 is 0 Å². The topological polar surface area (TPSA) is 53.2 Å². The average Bonchev–Trinajstić information content (AvgIpc) is 2.32. The maximum absolute atomic E-state index is 9.75. The highest BCUT2D eigenvalue weighted by Crippen LogP contribution is 2.00. The van der Waals surface area contributed by atoms with E-state index in [2.05, 4.69) is 30.0 Å². The Morgan fingerprint density at radius 3 is 2.50 bits per heavy atom. The second-order valence-corrected chi connectivity index (χ2v) is 3.38. The van der Waals surface area contributed by atoms with Gasteiger partial charge in [0.1, 0.15) is 0 Å². The van der Waals surface area contributed by atoms with Crippen molar-refractivity contribution in [3.63, 3.8) is 0 Å². The van der Waals surface area contributed by atoms with Gasteiger partial charge in [0.2, 0.25) is 0 Å². The minimum atomic E-state index is 0.250. The normalized spacial score (nSPS) is 12.1. The van der Waals surface area contributed by atoms with E-state index in [1.807, 2.05) is 18.2 Å². The van der Waals surface area contributed by atoms with Crippen molar-refractivity contribution >= 4 is 12.6 Å². The first-order valence-electron chi connectivity index (χ1n) is 5.14. The standard InChI is InChI=1S/C12H16N2OS/c13-10-12(11-16)8-6-4-2-1-3-5-7-9-14-15/h2,4-5,7-8,16H,1,3,6,9,11H2/b4-2+,7-5+,12-8+. The van der Waals surface area contributed by atoms with E-state index in [4.69, 9.17) is 5.26 Å². The molecule has 0 atom stereocenters. The summed E-state index contributed by atoms with van der Waals surface area (Å²) in [5, 5.41) is 11.3. The highest BCUT2D eigenvalue weighted by Gasteiger charge is 1.87. The monoisotopic (exact) mass is 236 g/mol. The average molecular weight is 236 g/mol. The molecule has 0 aromatic rings. The van der Waals surface area contributed by atoms with Crippen molar-refractivity contribution in [1.29, 1.82) is 5.26 Å². The Morgan fingerprint density at radius 2 is 1.94 bits per heavy atom. The second kappa shape index (κ2) is 11.7. The van der Waals surface area contributed by atoms with Crippen molar-refractivity contribution < 1.29 is 0 Å². The molecule has 16 heavy (non-hydrogen) atoms. The van der Waals surface area contributed by atoms with Crippen molar-refractivity contribution in [2.75, 3.05) is 12.3 Å². The molecule has 0 N–H and O–H groups in total. The quantitative estimate of drug-likeness (QED) is 0.231. The fourth-order valence-electron chi connectivity index (χ4n) is 0.998. The van der Waals surface area contributed by atoms with Crippen molar-refractivity contribution in [3.05, 3.63) is 40.9 Å². The molecule has 3 nitrogen and oxygen atoms in total. The molecule has 0 saturated carbocycles. The lowest BCUT2D eigenvalue weighted by atomic mass is 10.2. The van der Waals surface area contributed by atoms with Gasteiger partial charge in [-0.2, -0.15) is 22.8 Å². The summed E-state index contributed by atoms with van der Waals surface area (Å²) in [7, 11) is 0. The third-order valence-electron chi connectivity index (χ3n) is 1.83. The maximum atomic E-state index is 9.75. The van der Waals surface area contributed by atoms with E-state index in [9.17, 15) is 4.91 Å². The summed E-state index contributed by atoms with van der Waals surface area (Å²) in [6.45, 7) is 0.250. The van der Waals surface area contributed by atoms with Gasteiger partial charge in [0.15, 0.2) is 0 Å². The summed E-state index contributed by atoms with van der Waals surface area (Å²) in [6, 6.07) is 2.08. The van der Waals surface area contributed by atoms with Crippen molar-refractivity contribution in [1.82, 2.24) is 0 Å². The van der Waals surface area contributed by atoms with Crippen LogP contribution in [0.5, 0.6) is 0 Å². The predicted molar refractivity (Wildman–Crippen MR) is 70.3 cm³/mol. The lowest BCUT2D eigenvalue weighted by molar-refractivity contribution is 1.03. The van der Waals surface area contributed by atoms with E-state index in [1.165, 1.54) is 0 Å². The van der Waals surface area contributed by atoms with Gasteiger partial charge in [-0.15, -0.1) is 0 Å². The first-order chi connectivity index (χ1) is 7.85. The van der Waals surface area contributed by atoms with Crippen LogP contribution in [0.1, 0.15) is 19.3 Å². The minimum Gasteiger partial charge on any atom is -0.193 e. The van der Waals surface area contributed by atoms with Gasteiger partial charge < -0.3 is 0 Å². The number of nitrogens with zero attached hydrogens (tertiary/aromatic N) is 2. The summed E-state index contributed by atoms with van der Waals surface area (Å²) in [5.41, 5.74) is 0.699. The van der Waals surface area contributed by atoms with Gasteiger partial charge in [-0.1, -0.05) is 35.6 Å². The van der Waals surface area contributed by atoms with Crippen LogP contribution >= 0.6 is 12.6 Å². The molecule has 0 aromatic heterocycles. The van der Waals surface area contributed by atoms with Crippen LogP contribution in [-0.4, -0.2) is 12.3 Å². The minimum absolute atomic E-state index is 0.250. The third-order valence-corrected chi connectivity index (χ3v) is 2.17. The summed E-state index contributed by atoms with van der Waals surface area (Å²) < 4.78 is 0. The van der Waals surface area contributed by atoms with Gasteiger partial charge >= 0.3 is 0 Å². The van der Waals surface area contributed by atoms with E-state index in [1.54, 1.807) is 6.08 Å². The Hall–Kier alpha value is -1.34. The van der Waals surface area contributed by atoms with Gasteiger partial charge in [-0.3, -0.25) is 0 Å². The van der Waals surface area contributed by atoms with E-state index >= 15 is 0 Å². The van der Waals surface area contributed by atoms with Crippen molar-refractivity contribution in [3.8, 4) is 6.07 Å². The van der Waals surface area contributed by atoms with Gasteiger partial charge in [-0.25, -0.2) is 0 Å². The van der Waals surface area contributed by atoms with Crippen LogP contribution in [0.3, 0.4) is 0 Å². The van der Waals surface area contributed by atoms with Crippen LogP contribution in [0.15, 0.2) is 41.1 Å². The van der Waals surface area contributed by atoms with Crippen LogP contribution in [-0.2, 0) is 0 Å². The molecule has 0 amide bonds. The van der Waals surface area contributed by atoms with Crippen molar-refractivity contribution in [2.24, 2.45) is 5.18 Å². The van der Waals surface area contributed by atoms with Gasteiger partial charge in [-0.05, 0) is 19.3 Å². The predicted octanol–water partition coefficient (Wildman–Crippen LogP) is 3.42. The molecule has 0 bridgehead atoms. The maximum Gasteiger partial charge on any atom is 0.0992 e. The van der Waals surface area contributed by atoms with E-state index in [-0.39, 0.29) is 6.54 Å². The Bertz CT molecular complexity index is 313. The first kappa shape index (κ1) is 14.7. The lowest BCUT2D eigenvalue weighted by Gasteiger charge is -1.89. The fraction of sp³-hybridized carbons (Fsp3) is 0.417. The number of hydrogen-bond acceptors (Lipinski definition) is 4. The molecule has 0 aliphatic heterocycles. The molecule has 0 saturated heterocycles. The summed E-state index contributed by atoms with van der Waals surface area (Å²) in [4.78, 5) is 9.75. The molecule has 0 aliphatic rings. The largest absolute Gasteiger partial charge is 0.193 e. The van der Waals surface area contributed by atoms with Crippen LogP contribution in [0.4, 0.5) is 0 Å². The Morgan fingerprint density at radius 1 is 1.25 bits per heavy atom. The van der Waals surface area contributed by atoms with Crippen LogP contribution in [0.2, 0.25) is 0 Å². The van der Waals surface area contributed by atoms with Crippen molar-refractivity contribution in [2.45, 2.75) is 19.3 Å². The Labute approximate surface area is 102 Å². The Balaban J connectivity index is 3.59. The van der Waals surface area contributed by atoms with Gasteiger partial charge in [0, 0.05) is 11.3 Å². The first-order valence-corrected chi connectivity index (χ1v) is 5.77. The highest BCUT2D eigenvalue weighted by molar-refractivity contribution is 7.80. The molecule has 0 radical (unpaired) electrons. The number of hydrogen-bond donors (Lipinski definition) is 1. The van der Waals surface area contributed by atoms with E-state index in [0.29, 0.717) is 11.3 Å². The molecule has 0 fully saturated rings. The molecule has 0 spiro atoms. The summed E-state index contributed by atoms with van der Waals surface area (Å²) in [5.74, 6) is 0.492. The van der Waals surface area contributed by atoms with Gasteiger partial charge in [0.25, 0.3) is 0 Å². The molecule has 0 aromatic carbocycles. The number of unbranched alkanes of at least 4 members (excludes halogenated alkanes) is 1. The zero-order valence-electron chi connectivity index (χ0n) is 9.17. The second-order valence-electron chi connectivity index (χ2n) is 3.07. The van der Waals surface area contributed by atoms with Gasteiger partial charge in [0.05, 0.1) is 12.6 Å². The highest BCUT2D eigenvalue weighted by atomic mass is 32.1. The number of nitriles is 1. The zero-order chi connectivity index (χ0) is 12.1. The number of nitroso groups, excluding NO2 is 1. The molecule has 0 heterocycles. The van der Waals surface area contributed by atoms with Crippen LogP contribution in [0, 0.1) is 16.2 Å². The molecule has 0 unspecified atom stereocenters. The summed E-state index contributed by atoms with van der Waals surface area (Å²) >= 11 is 4.03. The van der Waals surface area contributed by atoms with E-state index in [0.717, 1.165) is 19.3 Å². The molecular formula is C12H16N2OS. The number of allylic oxidation sites excluding steroid dienone is 4. The van der Waals surface area contributed by atoms with Crippen LogP contribution in [0.25, 0.3) is 0 Å². The Kier molecular flexibility index (Phi) is 10.8. The molecular weight excluding hydrogens is 220 g/mol. The molecule has 0 aliphatic carbocycles. The molecule has 0 rings (SSSR count). The SMILES string of the molecule is N#C/C(=C\C/C=C/CC/C=C/CN=O)CS. The van der Waals surface area contributed by atoms with E-state index < -0.39 is 0 Å². The molecule has 86 valence electrons. The zero-order valence-corrected chi connectivity index (χ0v) is 10.1. The fourth-order valence-corrected chi connectivity index (χ4v) is 1.20. The summed E-state index contributed by atoms with van der Waals surface area (Å²) in [6.07, 6.45) is 12.3. The number of thiol groups is 1. The molecule has 4 heteroatoms. The number of rotatable bonds is 8.